The fourth-order valence-electron chi connectivity index (χ4n) is 3.14. The lowest BCUT2D eigenvalue weighted by atomic mass is 10.0. The molecule has 2 fully saturated rings. The first-order valence-electron chi connectivity index (χ1n) is 7.29. The van der Waals surface area contributed by atoms with E-state index in [1.165, 1.54) is 4.31 Å². The van der Waals surface area contributed by atoms with E-state index in [1.54, 1.807) is 14.0 Å². The average Bonchev–Trinajstić information content (AvgIpc) is 2.75. The first-order valence-corrected chi connectivity index (χ1v) is 8.90. The largest absolute Gasteiger partial charge is 0.466 e. The van der Waals surface area contributed by atoms with Gasteiger partial charge in [-0.05, 0) is 32.6 Å². The quantitative estimate of drug-likeness (QED) is 0.723. The van der Waals surface area contributed by atoms with Gasteiger partial charge in [0.15, 0.2) is 0 Å². The van der Waals surface area contributed by atoms with E-state index in [0.29, 0.717) is 12.1 Å². The molecule has 2 aliphatic rings. The van der Waals surface area contributed by atoms with Crippen LogP contribution >= 0.6 is 0 Å². The number of carbonyl (C=O) groups is 1. The summed E-state index contributed by atoms with van der Waals surface area (Å²) in [6.07, 6.45) is 3.94. The van der Waals surface area contributed by atoms with Crippen LogP contribution in [0.4, 0.5) is 0 Å². The van der Waals surface area contributed by atoms with Crippen LogP contribution in [0.5, 0.6) is 0 Å². The van der Waals surface area contributed by atoms with Crippen molar-refractivity contribution in [3.8, 4) is 0 Å². The van der Waals surface area contributed by atoms with Gasteiger partial charge in [-0.1, -0.05) is 0 Å². The van der Waals surface area contributed by atoms with Gasteiger partial charge in [0.25, 0.3) is 0 Å². The number of rotatable bonds is 6. The zero-order valence-corrected chi connectivity index (χ0v) is 13.0. The lowest BCUT2D eigenvalue weighted by Gasteiger charge is -2.34. The molecule has 0 saturated carbocycles. The van der Waals surface area contributed by atoms with Crippen LogP contribution in [0, 0.1) is 0 Å². The summed E-state index contributed by atoms with van der Waals surface area (Å²) >= 11 is 0. The third-order valence-corrected chi connectivity index (χ3v) is 6.17. The maximum atomic E-state index is 12.3. The summed E-state index contributed by atoms with van der Waals surface area (Å²) in [5.41, 5.74) is 0. The van der Waals surface area contributed by atoms with Crippen molar-refractivity contribution in [2.45, 2.75) is 57.2 Å². The van der Waals surface area contributed by atoms with Gasteiger partial charge in [-0.2, -0.15) is 0 Å². The van der Waals surface area contributed by atoms with Gasteiger partial charge in [0.1, 0.15) is 0 Å². The number of nitrogens with one attached hydrogen (secondary N) is 1. The number of carbonyl (C=O) groups excluding carboxylic acids is 1. The molecule has 2 atom stereocenters. The number of hydrogen-bond donors (Lipinski definition) is 1. The van der Waals surface area contributed by atoms with Gasteiger partial charge < -0.3 is 10.1 Å². The molecule has 2 heterocycles. The van der Waals surface area contributed by atoms with Crippen molar-refractivity contribution in [2.24, 2.45) is 0 Å². The van der Waals surface area contributed by atoms with Crippen LogP contribution in [0.1, 0.15) is 39.0 Å². The minimum Gasteiger partial charge on any atom is -0.466 e. The van der Waals surface area contributed by atoms with Gasteiger partial charge in [0.2, 0.25) is 10.0 Å². The van der Waals surface area contributed by atoms with Crippen LogP contribution < -0.4 is 5.32 Å². The number of fused-ring (bicyclic) bond motifs is 2. The molecule has 0 radical (unpaired) electrons. The molecular formula is C13H24N2O4S. The monoisotopic (exact) mass is 304 g/mol. The second-order valence-corrected chi connectivity index (χ2v) is 7.80. The van der Waals surface area contributed by atoms with Gasteiger partial charge in [-0.15, -0.1) is 0 Å². The number of esters is 1. The lowest BCUT2D eigenvalue weighted by Crippen LogP contribution is -2.49. The van der Waals surface area contributed by atoms with Gasteiger partial charge in [-0.25, -0.2) is 12.7 Å². The van der Waals surface area contributed by atoms with E-state index >= 15 is 0 Å². The van der Waals surface area contributed by atoms with Crippen LogP contribution in [0.25, 0.3) is 0 Å². The van der Waals surface area contributed by atoms with Crippen molar-refractivity contribution in [3.63, 3.8) is 0 Å². The first-order chi connectivity index (χ1) is 9.42. The molecule has 7 heteroatoms. The Hall–Kier alpha value is -0.660. The molecule has 6 nitrogen and oxygen atoms in total. The van der Waals surface area contributed by atoms with Gasteiger partial charge in [-0.3, -0.25) is 4.79 Å². The van der Waals surface area contributed by atoms with E-state index in [9.17, 15) is 13.2 Å². The highest BCUT2D eigenvalue weighted by Gasteiger charge is 2.38. The highest BCUT2D eigenvalue weighted by Crippen LogP contribution is 2.30. The maximum absolute atomic E-state index is 12.3. The normalized spacial score (nSPS) is 29.6. The Morgan fingerprint density at radius 2 is 1.90 bits per heavy atom. The molecule has 2 bridgehead atoms. The summed E-state index contributed by atoms with van der Waals surface area (Å²) in [7, 11) is -1.75. The van der Waals surface area contributed by atoms with E-state index in [0.717, 1.165) is 25.7 Å². The number of nitrogens with zero attached hydrogens (tertiary/aromatic N) is 1. The minimum atomic E-state index is -3.39. The number of ether oxygens (including phenoxy) is 1. The molecule has 20 heavy (non-hydrogen) atoms. The molecule has 0 aromatic rings. The molecule has 0 amide bonds. The Morgan fingerprint density at radius 1 is 1.30 bits per heavy atom. The van der Waals surface area contributed by atoms with Crippen molar-refractivity contribution >= 4 is 16.0 Å². The smallest absolute Gasteiger partial charge is 0.306 e. The summed E-state index contributed by atoms with van der Waals surface area (Å²) in [5, 5.41) is 3.50. The highest BCUT2D eigenvalue weighted by molar-refractivity contribution is 7.89. The van der Waals surface area contributed by atoms with Crippen molar-refractivity contribution < 1.29 is 17.9 Å². The zero-order valence-electron chi connectivity index (χ0n) is 12.2. The Morgan fingerprint density at radius 3 is 2.45 bits per heavy atom. The molecule has 1 N–H and O–H groups in total. The van der Waals surface area contributed by atoms with Crippen LogP contribution in [-0.4, -0.2) is 56.2 Å². The summed E-state index contributed by atoms with van der Waals surface area (Å²) in [6, 6.07) is 0.948. The Kier molecular flexibility index (Phi) is 5.04. The Labute approximate surface area is 120 Å². The summed E-state index contributed by atoms with van der Waals surface area (Å²) in [4.78, 5) is 11.3. The number of sulfonamides is 1. The van der Waals surface area contributed by atoms with Crippen molar-refractivity contribution in [1.82, 2.24) is 9.62 Å². The Balaban J connectivity index is 1.90. The molecule has 2 aliphatic heterocycles. The van der Waals surface area contributed by atoms with Crippen molar-refractivity contribution in [3.05, 3.63) is 0 Å². The summed E-state index contributed by atoms with van der Waals surface area (Å²) in [5.74, 6) is -0.614. The van der Waals surface area contributed by atoms with E-state index in [-0.39, 0.29) is 24.8 Å². The Bertz CT molecular complexity index is 439. The second kappa shape index (κ2) is 6.41. The molecule has 2 unspecified atom stereocenters. The van der Waals surface area contributed by atoms with Crippen LogP contribution in [0.15, 0.2) is 0 Å². The standard InChI is InChI=1S/C13H24N2O4S/c1-3-19-13(16)6-7-20(17,18)15(2)12-8-10-4-5-11(9-12)14-10/h10-12,14H,3-9H2,1-2H3. The predicted octanol–water partition coefficient (Wildman–Crippen LogP) is 0.484. The molecule has 0 aliphatic carbocycles. The highest BCUT2D eigenvalue weighted by atomic mass is 32.2. The number of hydrogen-bond acceptors (Lipinski definition) is 5. The lowest BCUT2D eigenvalue weighted by molar-refractivity contribution is -0.142. The molecular weight excluding hydrogens is 280 g/mol. The van der Waals surface area contributed by atoms with E-state index in [4.69, 9.17) is 4.74 Å². The number of piperidine rings is 1. The van der Waals surface area contributed by atoms with Crippen LogP contribution in [0.2, 0.25) is 0 Å². The zero-order chi connectivity index (χ0) is 14.8. The second-order valence-electron chi connectivity index (χ2n) is 5.65. The predicted molar refractivity (Wildman–Crippen MR) is 75.8 cm³/mol. The molecule has 2 saturated heterocycles. The summed E-state index contributed by atoms with van der Waals surface area (Å²) < 4.78 is 30.8. The van der Waals surface area contributed by atoms with E-state index in [2.05, 4.69) is 5.32 Å². The molecule has 0 aromatic carbocycles. The van der Waals surface area contributed by atoms with Crippen LogP contribution in [-0.2, 0) is 19.6 Å². The summed E-state index contributed by atoms with van der Waals surface area (Å²) in [6.45, 7) is 2.00. The van der Waals surface area contributed by atoms with Crippen molar-refractivity contribution in [2.75, 3.05) is 19.4 Å². The van der Waals surface area contributed by atoms with E-state index < -0.39 is 16.0 Å². The first kappa shape index (κ1) is 15.7. The van der Waals surface area contributed by atoms with Crippen LogP contribution in [0.3, 0.4) is 0 Å². The van der Waals surface area contributed by atoms with E-state index in [1.807, 2.05) is 0 Å². The fourth-order valence-corrected chi connectivity index (χ4v) is 4.48. The molecule has 0 spiro atoms. The molecule has 0 aromatic heterocycles. The third-order valence-electron chi connectivity index (χ3n) is 4.27. The minimum absolute atomic E-state index is 0.0564. The van der Waals surface area contributed by atoms with Crippen molar-refractivity contribution in [1.29, 1.82) is 0 Å². The van der Waals surface area contributed by atoms with Gasteiger partial charge >= 0.3 is 5.97 Å². The molecule has 116 valence electrons. The third kappa shape index (κ3) is 3.71. The van der Waals surface area contributed by atoms with Gasteiger partial charge in [0.05, 0.1) is 18.8 Å². The average molecular weight is 304 g/mol. The fraction of sp³-hybridized carbons (Fsp3) is 0.923. The topological polar surface area (TPSA) is 75.7 Å². The van der Waals surface area contributed by atoms with Gasteiger partial charge in [0, 0.05) is 25.2 Å². The maximum Gasteiger partial charge on any atom is 0.306 e. The molecule has 2 rings (SSSR count). The SMILES string of the molecule is CCOC(=O)CCS(=O)(=O)N(C)C1CC2CCC(C1)N2.